The van der Waals surface area contributed by atoms with E-state index in [1.165, 1.54) is 13.8 Å². The van der Waals surface area contributed by atoms with Gasteiger partial charge in [-0.1, -0.05) is 13.5 Å². The van der Waals surface area contributed by atoms with E-state index in [1.54, 1.807) is 13.8 Å². The standard InChI is InChI=1S/C19H31F3O4/c1-8-18(26-16(5,6)17(7,24)19(20,21)22)10-9-14(11-18)13(4)25-15(23)12(2)3/h13-14,24H,2,8-11H2,1,3-7H3. The number of esters is 1. The fourth-order valence-electron chi connectivity index (χ4n) is 3.36. The molecule has 1 fully saturated rings. The van der Waals surface area contributed by atoms with E-state index in [2.05, 4.69) is 6.58 Å². The van der Waals surface area contributed by atoms with Gasteiger partial charge in [0.2, 0.25) is 0 Å². The Morgan fingerprint density at radius 1 is 1.35 bits per heavy atom. The van der Waals surface area contributed by atoms with Crippen LogP contribution in [0.2, 0.25) is 0 Å². The van der Waals surface area contributed by atoms with Gasteiger partial charge in [0.15, 0.2) is 5.60 Å². The molecule has 1 saturated carbocycles. The summed E-state index contributed by atoms with van der Waals surface area (Å²) >= 11 is 0. The van der Waals surface area contributed by atoms with E-state index in [1.807, 2.05) is 6.92 Å². The molecule has 4 atom stereocenters. The summed E-state index contributed by atoms with van der Waals surface area (Å²) < 4.78 is 51.1. The SMILES string of the molecule is C=C(C)C(=O)OC(C)C1CCC(CC)(OC(C)(C)C(C)(O)C(F)(F)F)C1. The van der Waals surface area contributed by atoms with Crippen molar-refractivity contribution in [2.24, 2.45) is 5.92 Å². The molecule has 0 aromatic heterocycles. The van der Waals surface area contributed by atoms with Crippen molar-refractivity contribution in [1.29, 1.82) is 0 Å². The maximum absolute atomic E-state index is 13.3. The molecule has 0 spiro atoms. The minimum Gasteiger partial charge on any atom is -0.459 e. The molecule has 152 valence electrons. The molecule has 7 heteroatoms. The summed E-state index contributed by atoms with van der Waals surface area (Å²) in [4.78, 5) is 11.7. The normalized spacial score (nSPS) is 27.7. The first-order valence-corrected chi connectivity index (χ1v) is 8.94. The third kappa shape index (κ3) is 4.60. The molecule has 0 amide bonds. The lowest BCUT2D eigenvalue weighted by molar-refractivity contribution is -0.329. The monoisotopic (exact) mass is 380 g/mol. The maximum atomic E-state index is 13.3. The van der Waals surface area contributed by atoms with Gasteiger partial charge in [0, 0.05) is 5.57 Å². The van der Waals surface area contributed by atoms with Crippen molar-refractivity contribution >= 4 is 5.97 Å². The van der Waals surface area contributed by atoms with Crippen molar-refractivity contribution in [2.75, 3.05) is 0 Å². The van der Waals surface area contributed by atoms with Gasteiger partial charge in [-0.2, -0.15) is 13.2 Å². The van der Waals surface area contributed by atoms with Gasteiger partial charge in [0.1, 0.15) is 11.7 Å². The smallest absolute Gasteiger partial charge is 0.419 e. The number of halogens is 3. The van der Waals surface area contributed by atoms with Gasteiger partial charge in [0.25, 0.3) is 0 Å². The van der Waals surface area contributed by atoms with Gasteiger partial charge >= 0.3 is 12.1 Å². The molecule has 0 aromatic carbocycles. The van der Waals surface area contributed by atoms with Crippen molar-refractivity contribution in [1.82, 2.24) is 0 Å². The zero-order chi connectivity index (χ0) is 20.6. The second-order valence-electron chi connectivity index (χ2n) is 8.11. The van der Waals surface area contributed by atoms with E-state index < -0.39 is 28.9 Å². The summed E-state index contributed by atoms with van der Waals surface area (Å²) in [6.07, 6.45) is -3.02. The lowest BCUT2D eigenvalue weighted by Gasteiger charge is -2.46. The van der Waals surface area contributed by atoms with Crippen LogP contribution in [0.5, 0.6) is 0 Å². The fourth-order valence-corrected chi connectivity index (χ4v) is 3.36. The number of ether oxygens (including phenoxy) is 2. The second-order valence-corrected chi connectivity index (χ2v) is 8.11. The number of carbonyl (C=O) groups is 1. The minimum atomic E-state index is -4.81. The number of rotatable bonds is 7. The Labute approximate surface area is 153 Å². The van der Waals surface area contributed by atoms with Gasteiger partial charge in [-0.3, -0.25) is 0 Å². The average molecular weight is 380 g/mol. The van der Waals surface area contributed by atoms with Gasteiger partial charge < -0.3 is 14.6 Å². The lowest BCUT2D eigenvalue weighted by atomic mass is 9.84. The highest BCUT2D eigenvalue weighted by Crippen LogP contribution is 2.48. The zero-order valence-electron chi connectivity index (χ0n) is 16.5. The first-order chi connectivity index (χ1) is 11.6. The molecule has 0 aliphatic heterocycles. The van der Waals surface area contributed by atoms with Crippen LogP contribution in [0.3, 0.4) is 0 Å². The predicted molar refractivity (Wildman–Crippen MR) is 92.6 cm³/mol. The van der Waals surface area contributed by atoms with Crippen molar-refractivity contribution in [2.45, 2.75) is 96.3 Å². The lowest BCUT2D eigenvalue weighted by Crippen LogP contribution is -2.61. The Kier molecular flexibility index (Phi) is 6.63. The largest absolute Gasteiger partial charge is 0.459 e. The summed E-state index contributed by atoms with van der Waals surface area (Å²) in [5.74, 6) is -0.502. The van der Waals surface area contributed by atoms with Gasteiger partial charge in [-0.15, -0.1) is 0 Å². The van der Waals surface area contributed by atoms with Crippen molar-refractivity contribution in [3.05, 3.63) is 12.2 Å². The van der Waals surface area contributed by atoms with E-state index in [0.717, 1.165) is 6.92 Å². The topological polar surface area (TPSA) is 55.8 Å². The third-order valence-electron chi connectivity index (χ3n) is 5.75. The van der Waals surface area contributed by atoms with Crippen LogP contribution in [0.15, 0.2) is 12.2 Å². The van der Waals surface area contributed by atoms with Crippen LogP contribution >= 0.6 is 0 Å². The van der Waals surface area contributed by atoms with Crippen LogP contribution < -0.4 is 0 Å². The zero-order valence-corrected chi connectivity index (χ0v) is 16.5. The Hall–Kier alpha value is -1.08. The second kappa shape index (κ2) is 7.50. The summed E-state index contributed by atoms with van der Waals surface area (Å²) in [5, 5.41) is 10.1. The molecule has 1 aliphatic rings. The number of hydrogen-bond acceptors (Lipinski definition) is 4. The highest BCUT2D eigenvalue weighted by Gasteiger charge is 2.62. The molecule has 0 heterocycles. The Balaban J connectivity index is 2.91. The molecule has 4 nitrogen and oxygen atoms in total. The highest BCUT2D eigenvalue weighted by atomic mass is 19.4. The molecule has 0 saturated heterocycles. The Morgan fingerprint density at radius 3 is 2.31 bits per heavy atom. The van der Waals surface area contributed by atoms with Crippen molar-refractivity contribution in [3.8, 4) is 0 Å². The number of hydrogen-bond donors (Lipinski definition) is 1. The Bertz CT molecular complexity index is 539. The van der Waals surface area contributed by atoms with Crippen LogP contribution in [0.1, 0.15) is 67.2 Å². The van der Waals surface area contributed by atoms with Crippen molar-refractivity contribution < 1.29 is 32.5 Å². The van der Waals surface area contributed by atoms with Gasteiger partial charge in [0.05, 0.1) is 5.60 Å². The molecule has 0 radical (unpaired) electrons. The molecule has 1 N–H and O–H groups in total. The summed E-state index contributed by atoms with van der Waals surface area (Å²) in [7, 11) is 0. The van der Waals surface area contributed by atoms with E-state index in [-0.39, 0.29) is 12.0 Å². The Morgan fingerprint density at radius 2 is 1.88 bits per heavy atom. The van der Waals surface area contributed by atoms with Gasteiger partial charge in [-0.25, -0.2) is 4.79 Å². The minimum absolute atomic E-state index is 0.0233. The number of carbonyl (C=O) groups excluding carboxylic acids is 1. The molecule has 0 aromatic rings. The molecule has 1 rings (SSSR count). The van der Waals surface area contributed by atoms with Gasteiger partial charge in [-0.05, 0) is 66.2 Å². The summed E-state index contributed by atoms with van der Waals surface area (Å²) in [5.41, 5.74) is -5.31. The molecular weight excluding hydrogens is 349 g/mol. The highest BCUT2D eigenvalue weighted by molar-refractivity contribution is 5.87. The molecule has 4 unspecified atom stereocenters. The van der Waals surface area contributed by atoms with E-state index in [9.17, 15) is 23.1 Å². The molecule has 1 aliphatic carbocycles. The third-order valence-corrected chi connectivity index (χ3v) is 5.75. The average Bonchev–Trinajstić information content (AvgIpc) is 2.89. The molecule has 26 heavy (non-hydrogen) atoms. The van der Waals surface area contributed by atoms with E-state index in [4.69, 9.17) is 9.47 Å². The van der Waals surface area contributed by atoms with Crippen LogP contribution in [-0.4, -0.2) is 40.2 Å². The predicted octanol–water partition coefficient (Wildman–Crippen LogP) is 4.55. The van der Waals surface area contributed by atoms with E-state index in [0.29, 0.717) is 31.3 Å². The quantitative estimate of drug-likeness (QED) is 0.520. The fraction of sp³-hybridized carbons (Fsp3) is 0.842. The van der Waals surface area contributed by atoms with Crippen LogP contribution in [0, 0.1) is 5.92 Å². The molecule has 0 bridgehead atoms. The maximum Gasteiger partial charge on any atom is 0.419 e. The summed E-state index contributed by atoms with van der Waals surface area (Å²) in [6, 6.07) is 0. The molecular formula is C19H31F3O4. The van der Waals surface area contributed by atoms with E-state index >= 15 is 0 Å². The van der Waals surface area contributed by atoms with Crippen LogP contribution in [0.25, 0.3) is 0 Å². The summed E-state index contributed by atoms with van der Waals surface area (Å²) in [6.45, 7) is 12.0. The van der Waals surface area contributed by atoms with Crippen LogP contribution in [0.4, 0.5) is 13.2 Å². The first-order valence-electron chi connectivity index (χ1n) is 8.94. The van der Waals surface area contributed by atoms with Crippen LogP contribution in [-0.2, 0) is 14.3 Å². The number of alkyl halides is 3. The van der Waals surface area contributed by atoms with Crippen molar-refractivity contribution in [3.63, 3.8) is 0 Å². The number of aliphatic hydroxyl groups is 1. The first kappa shape index (κ1) is 23.0.